The molecular formula is C10H10N6O2S2. The van der Waals surface area contributed by atoms with Crippen LogP contribution in [-0.4, -0.2) is 34.4 Å². The maximum absolute atomic E-state index is 12.5. The molecule has 20 heavy (non-hydrogen) atoms. The summed E-state index contributed by atoms with van der Waals surface area (Å²) in [6.07, 6.45) is 2.99. The zero-order chi connectivity index (χ0) is 14.2. The van der Waals surface area contributed by atoms with Crippen molar-refractivity contribution in [2.24, 2.45) is 0 Å². The number of rotatable bonds is 4. The molecule has 0 unspecified atom stereocenters. The van der Waals surface area contributed by atoms with Gasteiger partial charge in [-0.2, -0.15) is 8.42 Å². The first-order chi connectivity index (χ1) is 9.62. The van der Waals surface area contributed by atoms with Crippen LogP contribution in [0.4, 0.5) is 10.8 Å². The van der Waals surface area contributed by atoms with E-state index in [9.17, 15) is 8.42 Å². The maximum Gasteiger partial charge on any atom is 0.282 e. The average Bonchev–Trinajstić information content (AvgIpc) is 3.04. The topological polar surface area (TPSA) is 101 Å². The van der Waals surface area contributed by atoms with Crippen LogP contribution >= 0.6 is 11.5 Å². The van der Waals surface area contributed by atoms with Crippen molar-refractivity contribution in [3.8, 4) is 0 Å². The molecule has 2 N–H and O–H groups in total. The molecule has 104 valence electrons. The van der Waals surface area contributed by atoms with Gasteiger partial charge in [-0.1, -0.05) is 10.6 Å². The summed E-state index contributed by atoms with van der Waals surface area (Å²) in [5.41, 5.74) is 0.541. The van der Waals surface area contributed by atoms with Crippen molar-refractivity contribution in [1.29, 1.82) is 0 Å². The Kier molecular flexibility index (Phi) is 3.03. The Morgan fingerprint density at radius 3 is 2.90 bits per heavy atom. The molecule has 0 aliphatic rings. The first kappa shape index (κ1) is 12.8. The lowest BCUT2D eigenvalue weighted by atomic mass is 10.5. The van der Waals surface area contributed by atoms with E-state index >= 15 is 0 Å². The summed E-state index contributed by atoms with van der Waals surface area (Å²) in [6, 6.07) is 5.26. The van der Waals surface area contributed by atoms with Crippen molar-refractivity contribution in [1.82, 2.24) is 19.0 Å². The minimum atomic E-state index is -3.79. The molecule has 0 fully saturated rings. The van der Waals surface area contributed by atoms with Gasteiger partial charge in [0, 0.05) is 24.8 Å². The number of fused-ring (bicyclic) bond motifs is 1. The molecule has 3 aromatic heterocycles. The molecule has 0 spiro atoms. The SMILES string of the molecule is CNc1nc2ccccn2c1S(=O)(=O)Nc1cnns1. The summed E-state index contributed by atoms with van der Waals surface area (Å²) in [5.74, 6) is 0.279. The lowest BCUT2D eigenvalue weighted by molar-refractivity contribution is 0.597. The number of hydrogen-bond donors (Lipinski definition) is 2. The molecule has 0 saturated heterocycles. The Hall–Kier alpha value is -2.20. The molecule has 10 heteroatoms. The molecule has 8 nitrogen and oxygen atoms in total. The number of imidazole rings is 1. The highest BCUT2D eigenvalue weighted by atomic mass is 32.2. The zero-order valence-electron chi connectivity index (χ0n) is 10.3. The number of sulfonamides is 1. The Bertz CT molecular complexity index is 840. The van der Waals surface area contributed by atoms with Gasteiger partial charge in [-0.05, 0) is 12.1 Å². The van der Waals surface area contributed by atoms with Crippen LogP contribution < -0.4 is 10.0 Å². The van der Waals surface area contributed by atoms with E-state index in [2.05, 4.69) is 24.6 Å². The zero-order valence-corrected chi connectivity index (χ0v) is 11.9. The van der Waals surface area contributed by atoms with Crippen LogP contribution in [0.5, 0.6) is 0 Å². The van der Waals surface area contributed by atoms with E-state index in [1.807, 2.05) is 0 Å². The van der Waals surface area contributed by atoms with Gasteiger partial charge >= 0.3 is 0 Å². The van der Waals surface area contributed by atoms with E-state index in [0.717, 1.165) is 11.5 Å². The predicted molar refractivity (Wildman–Crippen MR) is 75.5 cm³/mol. The fraction of sp³-hybridized carbons (Fsp3) is 0.100. The largest absolute Gasteiger partial charge is 0.371 e. The van der Waals surface area contributed by atoms with Crippen molar-refractivity contribution in [3.63, 3.8) is 0 Å². The predicted octanol–water partition coefficient (Wildman–Crippen LogP) is 1.03. The van der Waals surface area contributed by atoms with Crippen molar-refractivity contribution >= 4 is 38.0 Å². The van der Waals surface area contributed by atoms with E-state index in [4.69, 9.17) is 0 Å². The summed E-state index contributed by atoms with van der Waals surface area (Å²) in [7, 11) is -2.17. The van der Waals surface area contributed by atoms with Gasteiger partial charge in [0.2, 0.25) is 5.03 Å². The van der Waals surface area contributed by atoms with Crippen LogP contribution in [0.1, 0.15) is 0 Å². The lowest BCUT2D eigenvalue weighted by Crippen LogP contribution is -2.16. The van der Waals surface area contributed by atoms with Gasteiger partial charge in [0.1, 0.15) is 10.6 Å². The van der Waals surface area contributed by atoms with Crippen molar-refractivity contribution in [3.05, 3.63) is 30.6 Å². The smallest absolute Gasteiger partial charge is 0.282 e. The van der Waals surface area contributed by atoms with E-state index in [1.165, 1.54) is 10.6 Å². The van der Waals surface area contributed by atoms with Gasteiger partial charge < -0.3 is 5.32 Å². The van der Waals surface area contributed by atoms with Gasteiger partial charge in [-0.25, -0.2) is 4.98 Å². The molecule has 0 bridgehead atoms. The highest BCUT2D eigenvalue weighted by Gasteiger charge is 2.25. The summed E-state index contributed by atoms with van der Waals surface area (Å²) < 4.78 is 32.5. The number of nitrogens with one attached hydrogen (secondary N) is 2. The molecule has 0 atom stereocenters. The minimum Gasteiger partial charge on any atom is -0.371 e. The molecule has 0 aliphatic heterocycles. The fourth-order valence-corrected chi connectivity index (χ4v) is 3.77. The highest BCUT2D eigenvalue weighted by Crippen LogP contribution is 2.25. The van der Waals surface area contributed by atoms with E-state index in [1.54, 1.807) is 31.4 Å². The maximum atomic E-state index is 12.5. The third-order valence-corrected chi connectivity index (χ3v) is 4.67. The second-order valence-corrected chi connectivity index (χ2v) is 6.22. The number of nitrogens with zero attached hydrogens (tertiary/aromatic N) is 4. The number of hydrogen-bond acceptors (Lipinski definition) is 7. The molecule has 3 rings (SSSR count). The van der Waals surface area contributed by atoms with Crippen LogP contribution in [0.15, 0.2) is 35.6 Å². The lowest BCUT2D eigenvalue weighted by Gasteiger charge is -2.06. The van der Waals surface area contributed by atoms with Crippen LogP contribution in [0.3, 0.4) is 0 Å². The monoisotopic (exact) mass is 310 g/mol. The molecule has 3 aromatic rings. The number of aromatic nitrogens is 4. The van der Waals surface area contributed by atoms with E-state index < -0.39 is 10.0 Å². The first-order valence-electron chi connectivity index (χ1n) is 5.57. The van der Waals surface area contributed by atoms with Crippen LogP contribution in [0.2, 0.25) is 0 Å². The Morgan fingerprint density at radius 2 is 2.20 bits per heavy atom. The Balaban J connectivity index is 2.17. The quantitative estimate of drug-likeness (QED) is 0.746. The van der Waals surface area contributed by atoms with Crippen LogP contribution in [0, 0.1) is 0 Å². The minimum absolute atomic E-state index is 0.0454. The Labute approximate surface area is 118 Å². The van der Waals surface area contributed by atoms with Gasteiger partial charge in [-0.15, -0.1) is 5.10 Å². The normalized spacial score (nSPS) is 11.7. The molecule has 0 amide bonds. The first-order valence-corrected chi connectivity index (χ1v) is 7.82. The van der Waals surface area contributed by atoms with Crippen molar-refractivity contribution < 1.29 is 8.42 Å². The van der Waals surface area contributed by atoms with Gasteiger partial charge in [-0.3, -0.25) is 9.12 Å². The molecule has 0 saturated carbocycles. The van der Waals surface area contributed by atoms with Crippen LogP contribution in [0.25, 0.3) is 5.65 Å². The molecule has 0 aromatic carbocycles. The summed E-state index contributed by atoms with van der Waals surface area (Å²) in [4.78, 5) is 4.23. The van der Waals surface area contributed by atoms with Crippen LogP contribution in [-0.2, 0) is 10.0 Å². The number of pyridine rings is 1. The molecule has 0 aliphatic carbocycles. The molecular weight excluding hydrogens is 300 g/mol. The third-order valence-electron chi connectivity index (χ3n) is 2.57. The fourth-order valence-electron chi connectivity index (χ4n) is 1.79. The second kappa shape index (κ2) is 4.72. The van der Waals surface area contributed by atoms with Crippen molar-refractivity contribution in [2.45, 2.75) is 5.03 Å². The second-order valence-electron chi connectivity index (χ2n) is 3.83. The average molecular weight is 310 g/mol. The third kappa shape index (κ3) is 2.08. The van der Waals surface area contributed by atoms with Gasteiger partial charge in [0.05, 0.1) is 6.20 Å². The highest BCUT2D eigenvalue weighted by molar-refractivity contribution is 7.93. The summed E-state index contributed by atoms with van der Waals surface area (Å²) in [6.45, 7) is 0. The number of anilines is 2. The van der Waals surface area contributed by atoms with E-state index in [-0.39, 0.29) is 10.8 Å². The standard InChI is InChI=1S/C10H10N6O2S2/c1-11-9-10(16-5-3-2-4-7(16)13-9)20(17,18)14-8-6-12-15-19-8/h2-6,11,14H,1H3. The van der Waals surface area contributed by atoms with Gasteiger partial charge in [0.15, 0.2) is 5.82 Å². The Morgan fingerprint density at radius 1 is 1.35 bits per heavy atom. The van der Waals surface area contributed by atoms with E-state index in [0.29, 0.717) is 10.6 Å². The summed E-state index contributed by atoms with van der Waals surface area (Å²) >= 11 is 0.964. The van der Waals surface area contributed by atoms with Gasteiger partial charge in [0.25, 0.3) is 10.0 Å². The molecule has 3 heterocycles. The molecule has 0 radical (unpaired) electrons. The van der Waals surface area contributed by atoms with Crippen molar-refractivity contribution in [2.75, 3.05) is 17.1 Å². The summed E-state index contributed by atoms with van der Waals surface area (Å²) in [5, 5.41) is 6.78.